The van der Waals surface area contributed by atoms with Crippen LogP contribution in [0.1, 0.15) is 23.7 Å². The molecule has 4 nitrogen and oxygen atoms in total. The third-order valence-electron chi connectivity index (χ3n) is 2.55. The zero-order valence-corrected chi connectivity index (χ0v) is 9.34. The number of ketones is 1. The number of allylic oxidation sites excluding steroid dienone is 1. The van der Waals surface area contributed by atoms with Gasteiger partial charge in [-0.15, -0.1) is 0 Å². The molecular formula is C13H11NO3. The van der Waals surface area contributed by atoms with E-state index >= 15 is 0 Å². The van der Waals surface area contributed by atoms with Crippen molar-refractivity contribution < 1.29 is 14.3 Å². The highest BCUT2D eigenvalue weighted by molar-refractivity contribution is 5.91. The first-order chi connectivity index (χ1) is 8.24. The van der Waals surface area contributed by atoms with Gasteiger partial charge in [0.2, 0.25) is 0 Å². The summed E-state index contributed by atoms with van der Waals surface area (Å²) in [7, 11) is 1.44. The van der Waals surface area contributed by atoms with Crippen molar-refractivity contribution >= 4 is 5.78 Å². The van der Waals surface area contributed by atoms with E-state index in [1.165, 1.54) is 13.2 Å². The summed E-state index contributed by atoms with van der Waals surface area (Å²) in [4.78, 5) is 11.5. The second-order valence-electron chi connectivity index (χ2n) is 3.64. The third-order valence-corrected chi connectivity index (χ3v) is 2.55. The Hall–Kier alpha value is -2.28. The molecule has 0 radical (unpaired) electrons. The molecule has 0 fully saturated rings. The Labute approximate surface area is 99.1 Å². The fourth-order valence-corrected chi connectivity index (χ4v) is 1.75. The monoisotopic (exact) mass is 229 g/mol. The van der Waals surface area contributed by atoms with Crippen molar-refractivity contribution in [1.29, 1.82) is 5.26 Å². The summed E-state index contributed by atoms with van der Waals surface area (Å²) in [6.07, 6.45) is 1.11. The summed E-state index contributed by atoms with van der Waals surface area (Å²) in [6, 6.07) is 9.17. The molecule has 1 aromatic rings. The highest BCUT2D eigenvalue weighted by Gasteiger charge is 2.25. The van der Waals surface area contributed by atoms with Crippen LogP contribution in [-0.4, -0.2) is 12.9 Å². The molecule has 0 bridgehead atoms. The van der Waals surface area contributed by atoms with Gasteiger partial charge in [0, 0.05) is 5.56 Å². The normalized spacial score (nSPS) is 18.9. The van der Waals surface area contributed by atoms with E-state index in [2.05, 4.69) is 6.07 Å². The lowest BCUT2D eigenvalue weighted by Crippen LogP contribution is -2.17. The summed E-state index contributed by atoms with van der Waals surface area (Å²) < 4.78 is 10.4. The Balaban J connectivity index is 2.33. The number of hydrogen-bond donors (Lipinski definition) is 0. The summed E-state index contributed by atoms with van der Waals surface area (Å²) >= 11 is 0. The molecule has 1 atom stereocenters. The van der Waals surface area contributed by atoms with Gasteiger partial charge in [-0.05, 0) is 6.07 Å². The van der Waals surface area contributed by atoms with E-state index in [0.29, 0.717) is 11.1 Å². The van der Waals surface area contributed by atoms with Crippen LogP contribution in [0.2, 0.25) is 0 Å². The lowest BCUT2D eigenvalue weighted by atomic mass is 9.98. The van der Waals surface area contributed by atoms with Gasteiger partial charge in [0.05, 0.1) is 31.2 Å². The number of ether oxygens (including phenoxy) is 2. The SMILES string of the molecule is COC1=CC(=O)C[C@H](c2ccccc2C#N)O1. The molecule has 86 valence electrons. The number of benzene rings is 1. The highest BCUT2D eigenvalue weighted by atomic mass is 16.7. The van der Waals surface area contributed by atoms with Crippen molar-refractivity contribution in [3.8, 4) is 6.07 Å². The molecule has 1 aliphatic rings. The van der Waals surface area contributed by atoms with Crippen LogP contribution in [0, 0.1) is 11.3 Å². The second-order valence-corrected chi connectivity index (χ2v) is 3.64. The van der Waals surface area contributed by atoms with Crippen molar-refractivity contribution in [3.05, 3.63) is 47.4 Å². The van der Waals surface area contributed by atoms with Crippen LogP contribution in [0.5, 0.6) is 0 Å². The number of nitrogens with zero attached hydrogens (tertiary/aromatic N) is 1. The van der Waals surface area contributed by atoms with E-state index in [0.717, 1.165) is 0 Å². The van der Waals surface area contributed by atoms with Crippen molar-refractivity contribution in [1.82, 2.24) is 0 Å². The van der Waals surface area contributed by atoms with Crippen molar-refractivity contribution in [2.45, 2.75) is 12.5 Å². The number of rotatable bonds is 2. The Morgan fingerprint density at radius 3 is 2.94 bits per heavy atom. The van der Waals surface area contributed by atoms with Gasteiger partial charge in [0.25, 0.3) is 5.95 Å². The molecule has 4 heteroatoms. The molecule has 0 saturated carbocycles. The standard InChI is InChI=1S/C13H11NO3/c1-16-13-7-10(15)6-12(17-13)11-5-3-2-4-9(11)8-14/h2-5,7,12H,6H2,1H3/t12-/m1/s1. The molecule has 0 aromatic heterocycles. The minimum atomic E-state index is -0.446. The average molecular weight is 229 g/mol. The fourth-order valence-electron chi connectivity index (χ4n) is 1.75. The molecule has 0 unspecified atom stereocenters. The maximum atomic E-state index is 11.5. The highest BCUT2D eigenvalue weighted by Crippen LogP contribution is 2.30. The first kappa shape index (κ1) is 11.2. The molecule has 0 amide bonds. The van der Waals surface area contributed by atoms with Gasteiger partial charge in [0.15, 0.2) is 5.78 Å². The Morgan fingerprint density at radius 2 is 2.24 bits per heavy atom. The van der Waals surface area contributed by atoms with Crippen LogP contribution in [-0.2, 0) is 14.3 Å². The molecule has 2 rings (SSSR count). The van der Waals surface area contributed by atoms with E-state index in [4.69, 9.17) is 14.7 Å². The summed E-state index contributed by atoms with van der Waals surface area (Å²) in [5.41, 5.74) is 1.23. The van der Waals surface area contributed by atoms with Crippen molar-refractivity contribution in [3.63, 3.8) is 0 Å². The molecule has 1 aliphatic heterocycles. The van der Waals surface area contributed by atoms with Gasteiger partial charge in [-0.25, -0.2) is 0 Å². The molecule has 1 aromatic carbocycles. The molecule has 0 N–H and O–H groups in total. The van der Waals surface area contributed by atoms with E-state index in [1.54, 1.807) is 18.2 Å². The molecule has 0 aliphatic carbocycles. The molecule has 0 spiro atoms. The van der Waals surface area contributed by atoms with Crippen molar-refractivity contribution in [2.75, 3.05) is 7.11 Å². The molecule has 0 saturated heterocycles. The van der Waals surface area contributed by atoms with Gasteiger partial charge >= 0.3 is 0 Å². The zero-order chi connectivity index (χ0) is 12.3. The zero-order valence-electron chi connectivity index (χ0n) is 9.34. The van der Waals surface area contributed by atoms with Gasteiger partial charge in [0.1, 0.15) is 6.10 Å². The largest absolute Gasteiger partial charge is 0.469 e. The Kier molecular flexibility index (Phi) is 3.10. The fraction of sp³-hybridized carbons (Fsp3) is 0.231. The van der Waals surface area contributed by atoms with Gasteiger partial charge < -0.3 is 9.47 Å². The lowest BCUT2D eigenvalue weighted by Gasteiger charge is -2.23. The number of carbonyl (C=O) groups excluding carboxylic acids is 1. The van der Waals surface area contributed by atoms with Gasteiger partial charge in [-0.2, -0.15) is 5.26 Å². The lowest BCUT2D eigenvalue weighted by molar-refractivity contribution is -0.121. The molecule has 17 heavy (non-hydrogen) atoms. The number of carbonyl (C=O) groups is 1. The molecular weight excluding hydrogens is 218 g/mol. The minimum Gasteiger partial charge on any atom is -0.469 e. The summed E-state index contributed by atoms with van der Waals surface area (Å²) in [5.74, 6) is 0.129. The average Bonchev–Trinajstić information content (AvgIpc) is 2.37. The van der Waals surface area contributed by atoms with Crippen LogP contribution >= 0.6 is 0 Å². The Morgan fingerprint density at radius 1 is 1.47 bits per heavy atom. The maximum Gasteiger partial charge on any atom is 0.283 e. The smallest absolute Gasteiger partial charge is 0.283 e. The molecule has 1 heterocycles. The summed E-state index contributed by atoms with van der Waals surface area (Å²) in [6.45, 7) is 0. The summed E-state index contributed by atoms with van der Waals surface area (Å²) in [5, 5.41) is 9.00. The van der Waals surface area contributed by atoms with E-state index in [-0.39, 0.29) is 18.1 Å². The first-order valence-electron chi connectivity index (χ1n) is 5.19. The van der Waals surface area contributed by atoms with Crippen LogP contribution in [0.4, 0.5) is 0 Å². The van der Waals surface area contributed by atoms with E-state index in [1.807, 2.05) is 6.07 Å². The maximum absolute atomic E-state index is 11.5. The van der Waals surface area contributed by atoms with Crippen LogP contribution in [0.3, 0.4) is 0 Å². The first-order valence-corrected chi connectivity index (χ1v) is 5.19. The van der Waals surface area contributed by atoms with Crippen molar-refractivity contribution in [2.24, 2.45) is 0 Å². The predicted octanol–water partition coefficient (Wildman–Crippen LogP) is 2.08. The second kappa shape index (κ2) is 4.71. The van der Waals surface area contributed by atoms with Crippen LogP contribution in [0.15, 0.2) is 36.3 Å². The number of nitriles is 1. The third kappa shape index (κ3) is 2.28. The van der Waals surface area contributed by atoms with E-state index in [9.17, 15) is 4.79 Å². The minimum absolute atomic E-state index is 0.0640. The van der Waals surface area contributed by atoms with Gasteiger partial charge in [-0.3, -0.25) is 4.79 Å². The van der Waals surface area contributed by atoms with Crippen LogP contribution in [0.25, 0.3) is 0 Å². The Bertz CT molecular complexity index is 514. The number of hydrogen-bond acceptors (Lipinski definition) is 4. The topological polar surface area (TPSA) is 59.3 Å². The quantitative estimate of drug-likeness (QED) is 0.779. The predicted molar refractivity (Wildman–Crippen MR) is 59.7 cm³/mol. The van der Waals surface area contributed by atoms with Crippen LogP contribution < -0.4 is 0 Å². The van der Waals surface area contributed by atoms with Gasteiger partial charge in [-0.1, -0.05) is 18.2 Å². The number of methoxy groups -OCH3 is 1. The van der Waals surface area contributed by atoms with E-state index < -0.39 is 6.10 Å².